The summed E-state index contributed by atoms with van der Waals surface area (Å²) in [4.78, 5) is 11.5. The Morgan fingerprint density at radius 1 is 1.40 bits per heavy atom. The molecule has 0 bridgehead atoms. The van der Waals surface area contributed by atoms with E-state index in [1.165, 1.54) is 6.08 Å². The van der Waals surface area contributed by atoms with Gasteiger partial charge in [-0.3, -0.25) is 4.79 Å². The summed E-state index contributed by atoms with van der Waals surface area (Å²) in [6.45, 7) is 1.94. The van der Waals surface area contributed by atoms with Gasteiger partial charge in [-0.05, 0) is 19.8 Å². The topological polar surface area (TPSA) is 49.3 Å². The molecule has 0 aromatic carbocycles. The number of carbonyl (C=O) groups excluding carboxylic acids is 1. The van der Waals surface area contributed by atoms with Crippen LogP contribution in [-0.2, 0) is 4.79 Å². The van der Waals surface area contributed by atoms with Crippen molar-refractivity contribution in [1.29, 1.82) is 0 Å². The van der Waals surface area contributed by atoms with Gasteiger partial charge in [-0.25, -0.2) is 0 Å². The number of nitrogens with one attached hydrogen (secondary N) is 1. The van der Waals surface area contributed by atoms with Crippen LogP contribution in [0, 0.1) is 0 Å². The molecule has 0 spiro atoms. The van der Waals surface area contributed by atoms with Crippen LogP contribution in [-0.4, -0.2) is 23.2 Å². The number of hydrogen-bond donors (Lipinski definition) is 2. The summed E-state index contributed by atoms with van der Waals surface area (Å²) in [5.74, 6) is -0.121. The van der Waals surface area contributed by atoms with Crippen molar-refractivity contribution >= 4 is 5.91 Å². The lowest BCUT2D eigenvalue weighted by Crippen LogP contribution is -2.48. The largest absolute Gasteiger partial charge is 0.394 e. The number of aliphatic hydroxyl groups is 1. The molecule has 1 saturated carbocycles. The maximum Gasteiger partial charge on any atom is 0.244 e. The molecular formula is C12H19NO2. The third kappa shape index (κ3) is 3.51. The van der Waals surface area contributed by atoms with Gasteiger partial charge in [-0.2, -0.15) is 0 Å². The first-order valence-electron chi connectivity index (χ1n) is 5.45. The van der Waals surface area contributed by atoms with Crippen molar-refractivity contribution < 1.29 is 9.90 Å². The fraction of sp³-hybridized carbons (Fsp3) is 0.583. The predicted octanol–water partition coefficient (Wildman–Crippen LogP) is 1.54. The lowest BCUT2D eigenvalue weighted by Gasteiger charge is -2.27. The third-order valence-corrected chi connectivity index (χ3v) is 2.80. The van der Waals surface area contributed by atoms with Gasteiger partial charge >= 0.3 is 0 Å². The van der Waals surface area contributed by atoms with Crippen molar-refractivity contribution in [3.8, 4) is 0 Å². The van der Waals surface area contributed by atoms with Gasteiger partial charge in [0.2, 0.25) is 5.91 Å². The highest BCUT2D eigenvalue weighted by molar-refractivity contribution is 5.88. The molecule has 0 aromatic rings. The van der Waals surface area contributed by atoms with Crippen LogP contribution in [0.2, 0.25) is 0 Å². The lowest BCUT2D eigenvalue weighted by atomic mass is 9.99. The molecule has 1 amide bonds. The highest BCUT2D eigenvalue weighted by Gasteiger charge is 2.33. The first-order valence-corrected chi connectivity index (χ1v) is 5.45. The molecule has 0 atom stereocenters. The van der Waals surface area contributed by atoms with Crippen molar-refractivity contribution in [3.63, 3.8) is 0 Å². The Hall–Kier alpha value is -1.09. The molecule has 3 nitrogen and oxygen atoms in total. The molecule has 1 aliphatic rings. The first-order chi connectivity index (χ1) is 7.22. The van der Waals surface area contributed by atoms with Gasteiger partial charge in [0.05, 0.1) is 12.1 Å². The molecule has 1 aliphatic carbocycles. The zero-order valence-electron chi connectivity index (χ0n) is 9.20. The van der Waals surface area contributed by atoms with Gasteiger partial charge in [0, 0.05) is 6.08 Å². The van der Waals surface area contributed by atoms with Gasteiger partial charge in [0.15, 0.2) is 0 Å². The minimum Gasteiger partial charge on any atom is -0.394 e. The van der Waals surface area contributed by atoms with Crippen LogP contribution in [0.25, 0.3) is 0 Å². The highest BCUT2D eigenvalue weighted by atomic mass is 16.3. The first kappa shape index (κ1) is 12.0. The molecule has 1 rings (SSSR count). The highest BCUT2D eigenvalue weighted by Crippen LogP contribution is 2.28. The van der Waals surface area contributed by atoms with E-state index in [1.807, 2.05) is 13.0 Å². The fourth-order valence-corrected chi connectivity index (χ4v) is 1.93. The number of allylic oxidation sites excluding steroid dienone is 3. The minimum absolute atomic E-state index is 0.0379. The Kier molecular flexibility index (Phi) is 4.56. The number of aliphatic hydroxyl groups excluding tert-OH is 1. The SMILES string of the molecule is CC=CC=CC(=O)NC1(CO)CCCC1. The van der Waals surface area contributed by atoms with E-state index in [9.17, 15) is 9.90 Å². The van der Waals surface area contributed by atoms with Crippen LogP contribution in [0.15, 0.2) is 24.3 Å². The molecule has 84 valence electrons. The standard InChI is InChI=1S/C12H19NO2/c1-2-3-4-7-11(15)13-12(10-14)8-5-6-9-12/h2-4,7,14H,5-6,8-10H2,1H3,(H,13,15). The normalized spacial score (nSPS) is 20.1. The minimum atomic E-state index is -0.364. The van der Waals surface area contributed by atoms with Gasteiger partial charge in [-0.1, -0.05) is 31.1 Å². The predicted molar refractivity (Wildman–Crippen MR) is 60.4 cm³/mol. The Morgan fingerprint density at radius 2 is 2.07 bits per heavy atom. The van der Waals surface area contributed by atoms with E-state index in [4.69, 9.17) is 0 Å². The summed E-state index contributed by atoms with van der Waals surface area (Å²) >= 11 is 0. The van der Waals surface area contributed by atoms with Gasteiger partial charge in [0.25, 0.3) is 0 Å². The monoisotopic (exact) mass is 209 g/mol. The second-order valence-electron chi connectivity index (χ2n) is 4.02. The molecule has 0 aliphatic heterocycles. The second-order valence-corrected chi connectivity index (χ2v) is 4.02. The van der Waals surface area contributed by atoms with Crippen LogP contribution < -0.4 is 5.32 Å². The molecule has 15 heavy (non-hydrogen) atoms. The summed E-state index contributed by atoms with van der Waals surface area (Å²) in [6.07, 6.45) is 10.8. The molecule has 0 saturated heterocycles. The Bertz CT molecular complexity index is 263. The zero-order chi connectivity index (χ0) is 11.1. The molecule has 0 unspecified atom stereocenters. The van der Waals surface area contributed by atoms with Crippen molar-refractivity contribution in [2.45, 2.75) is 38.1 Å². The smallest absolute Gasteiger partial charge is 0.244 e. The maximum atomic E-state index is 11.5. The maximum absolute atomic E-state index is 11.5. The Morgan fingerprint density at radius 3 is 2.60 bits per heavy atom. The average Bonchev–Trinajstić information content (AvgIpc) is 2.67. The molecule has 0 heterocycles. The van der Waals surface area contributed by atoms with Crippen molar-refractivity contribution in [2.75, 3.05) is 6.61 Å². The zero-order valence-corrected chi connectivity index (χ0v) is 9.20. The van der Waals surface area contributed by atoms with E-state index in [0.717, 1.165) is 25.7 Å². The van der Waals surface area contributed by atoms with Crippen LogP contribution in [0.1, 0.15) is 32.6 Å². The van der Waals surface area contributed by atoms with Crippen LogP contribution in [0.4, 0.5) is 0 Å². The number of hydrogen-bond acceptors (Lipinski definition) is 2. The van der Waals surface area contributed by atoms with E-state index in [0.29, 0.717) is 0 Å². The van der Waals surface area contributed by atoms with Crippen molar-refractivity contribution in [2.24, 2.45) is 0 Å². The number of amides is 1. The summed E-state index contributed by atoms with van der Waals surface area (Å²) in [6, 6.07) is 0. The Balaban J connectivity index is 2.48. The fourth-order valence-electron chi connectivity index (χ4n) is 1.93. The van der Waals surface area contributed by atoms with E-state index in [2.05, 4.69) is 5.32 Å². The summed E-state index contributed by atoms with van der Waals surface area (Å²) in [7, 11) is 0. The molecule has 1 fully saturated rings. The summed E-state index contributed by atoms with van der Waals surface area (Å²) in [5, 5.41) is 12.2. The van der Waals surface area contributed by atoms with Crippen LogP contribution >= 0.6 is 0 Å². The quantitative estimate of drug-likeness (QED) is 0.545. The summed E-state index contributed by atoms with van der Waals surface area (Å²) in [5.41, 5.74) is -0.364. The molecule has 2 N–H and O–H groups in total. The van der Waals surface area contributed by atoms with Gasteiger partial charge in [0.1, 0.15) is 0 Å². The average molecular weight is 209 g/mol. The van der Waals surface area contributed by atoms with Crippen LogP contribution in [0.3, 0.4) is 0 Å². The van der Waals surface area contributed by atoms with E-state index < -0.39 is 0 Å². The summed E-state index contributed by atoms with van der Waals surface area (Å²) < 4.78 is 0. The van der Waals surface area contributed by atoms with E-state index in [-0.39, 0.29) is 18.1 Å². The van der Waals surface area contributed by atoms with Crippen molar-refractivity contribution in [1.82, 2.24) is 5.32 Å². The lowest BCUT2D eigenvalue weighted by molar-refractivity contribution is -0.118. The number of carbonyl (C=O) groups is 1. The molecule has 0 aromatic heterocycles. The molecule has 3 heteroatoms. The van der Waals surface area contributed by atoms with Crippen LogP contribution in [0.5, 0.6) is 0 Å². The van der Waals surface area contributed by atoms with E-state index in [1.54, 1.807) is 12.2 Å². The Labute approximate surface area is 90.9 Å². The van der Waals surface area contributed by atoms with Gasteiger partial charge in [-0.15, -0.1) is 0 Å². The van der Waals surface area contributed by atoms with Gasteiger partial charge < -0.3 is 10.4 Å². The van der Waals surface area contributed by atoms with Crippen molar-refractivity contribution in [3.05, 3.63) is 24.3 Å². The molecule has 0 radical (unpaired) electrons. The second kappa shape index (κ2) is 5.71. The molecular weight excluding hydrogens is 190 g/mol. The van der Waals surface area contributed by atoms with E-state index >= 15 is 0 Å². The third-order valence-electron chi connectivity index (χ3n) is 2.80. The number of rotatable bonds is 4.